The first-order valence-corrected chi connectivity index (χ1v) is 10.1. The molecule has 0 spiro atoms. The van der Waals surface area contributed by atoms with Crippen LogP contribution < -0.4 is 4.28 Å². The van der Waals surface area contributed by atoms with Crippen molar-refractivity contribution in [2.24, 2.45) is 0 Å². The van der Waals surface area contributed by atoms with Gasteiger partial charge in [0.2, 0.25) is 11.8 Å². The van der Waals surface area contributed by atoms with Gasteiger partial charge < -0.3 is 10.2 Å². The van der Waals surface area contributed by atoms with Crippen LogP contribution in [0.2, 0.25) is 0 Å². The molecular formula is C16H29NO5S. The Labute approximate surface area is 139 Å². The van der Waals surface area contributed by atoms with Gasteiger partial charge in [0.1, 0.15) is 0 Å². The summed E-state index contributed by atoms with van der Waals surface area (Å²) in [6.07, 6.45) is 11.1. The quantitative estimate of drug-likeness (QED) is 0.532. The van der Waals surface area contributed by atoms with Gasteiger partial charge in [-0.05, 0) is 6.42 Å². The topological polar surface area (TPSA) is 88.8 Å². The van der Waals surface area contributed by atoms with Gasteiger partial charge in [-0.15, -0.1) is 0 Å². The molecule has 0 saturated carbocycles. The molecule has 0 atom stereocenters. The predicted molar refractivity (Wildman–Crippen MR) is 90.0 cm³/mol. The standard InChI is InChI=1S/C16H29NO5S/c1-2-3-4-5-6-7-8-9-10-11-14-23(20,21)22-17-15(18)12-13-16(17)19/h12-13,18-19H,2-11,14H2,1H3. The Kier molecular flexibility index (Phi) is 8.91. The van der Waals surface area contributed by atoms with E-state index in [0.29, 0.717) is 11.2 Å². The maximum absolute atomic E-state index is 11.8. The van der Waals surface area contributed by atoms with Crippen LogP contribution >= 0.6 is 0 Å². The van der Waals surface area contributed by atoms with Crippen molar-refractivity contribution in [3.8, 4) is 11.8 Å². The van der Waals surface area contributed by atoms with Gasteiger partial charge in [-0.1, -0.05) is 69.4 Å². The van der Waals surface area contributed by atoms with Gasteiger partial charge in [-0.3, -0.25) is 4.28 Å². The van der Waals surface area contributed by atoms with Gasteiger partial charge >= 0.3 is 10.1 Å². The van der Waals surface area contributed by atoms with Crippen molar-refractivity contribution < 1.29 is 22.9 Å². The summed E-state index contributed by atoms with van der Waals surface area (Å²) in [5.74, 6) is -1.02. The van der Waals surface area contributed by atoms with Gasteiger partial charge in [0.15, 0.2) is 0 Å². The van der Waals surface area contributed by atoms with E-state index < -0.39 is 21.9 Å². The summed E-state index contributed by atoms with van der Waals surface area (Å²) in [5.41, 5.74) is 0. The molecule has 0 bridgehead atoms. The fourth-order valence-corrected chi connectivity index (χ4v) is 3.41. The zero-order chi connectivity index (χ0) is 17.1. The van der Waals surface area contributed by atoms with Gasteiger partial charge in [0.05, 0.1) is 5.75 Å². The summed E-state index contributed by atoms with van der Waals surface area (Å²) < 4.78 is 28.7. The SMILES string of the molecule is CCCCCCCCCCCCS(=O)(=O)On1c(O)ccc1O. The Balaban J connectivity index is 2.11. The second-order valence-electron chi connectivity index (χ2n) is 5.86. The second kappa shape index (κ2) is 10.4. The highest BCUT2D eigenvalue weighted by atomic mass is 32.2. The van der Waals surface area contributed by atoms with Crippen molar-refractivity contribution in [2.45, 2.75) is 71.1 Å². The van der Waals surface area contributed by atoms with Crippen LogP contribution in [0.3, 0.4) is 0 Å². The molecular weight excluding hydrogens is 318 g/mol. The van der Waals surface area contributed by atoms with E-state index in [1.807, 2.05) is 0 Å². The van der Waals surface area contributed by atoms with Crippen LogP contribution in [0.4, 0.5) is 0 Å². The molecule has 0 aliphatic carbocycles. The van der Waals surface area contributed by atoms with Crippen molar-refractivity contribution in [3.63, 3.8) is 0 Å². The summed E-state index contributed by atoms with van der Waals surface area (Å²) in [6, 6.07) is 2.32. The number of unbranched alkanes of at least 4 members (excludes halogenated alkanes) is 9. The number of aromatic nitrogens is 1. The monoisotopic (exact) mass is 347 g/mol. The molecule has 0 fully saturated rings. The normalized spacial score (nSPS) is 11.7. The maximum Gasteiger partial charge on any atom is 0.327 e. The Morgan fingerprint density at radius 3 is 1.78 bits per heavy atom. The highest BCUT2D eigenvalue weighted by Gasteiger charge is 2.17. The Morgan fingerprint density at radius 1 is 0.870 bits per heavy atom. The minimum absolute atomic E-state index is 0.124. The molecule has 7 heteroatoms. The molecule has 1 aromatic heterocycles. The largest absolute Gasteiger partial charge is 0.492 e. The highest BCUT2D eigenvalue weighted by Crippen LogP contribution is 2.20. The molecule has 0 unspecified atom stereocenters. The highest BCUT2D eigenvalue weighted by molar-refractivity contribution is 7.86. The fourth-order valence-electron chi connectivity index (χ4n) is 2.40. The zero-order valence-electron chi connectivity index (χ0n) is 13.9. The molecule has 2 N–H and O–H groups in total. The van der Waals surface area contributed by atoms with Crippen LogP contribution in [0.5, 0.6) is 11.8 Å². The smallest absolute Gasteiger partial charge is 0.327 e. The van der Waals surface area contributed by atoms with E-state index in [1.54, 1.807) is 0 Å². The summed E-state index contributed by atoms with van der Waals surface area (Å²) in [6.45, 7) is 2.21. The first-order valence-electron chi connectivity index (χ1n) is 8.48. The molecule has 1 rings (SSSR count). The maximum atomic E-state index is 11.8. The third-order valence-electron chi connectivity index (χ3n) is 3.73. The molecule has 23 heavy (non-hydrogen) atoms. The molecule has 1 heterocycles. The second-order valence-corrected chi connectivity index (χ2v) is 7.54. The van der Waals surface area contributed by atoms with Crippen LogP contribution in [0.1, 0.15) is 71.1 Å². The third kappa shape index (κ3) is 8.16. The van der Waals surface area contributed by atoms with E-state index in [9.17, 15) is 18.6 Å². The Morgan fingerprint density at radius 2 is 1.30 bits per heavy atom. The number of nitrogens with zero attached hydrogens (tertiary/aromatic N) is 1. The average molecular weight is 347 g/mol. The van der Waals surface area contributed by atoms with Crippen LogP contribution in [0, 0.1) is 0 Å². The fraction of sp³-hybridized carbons (Fsp3) is 0.750. The lowest BCUT2D eigenvalue weighted by atomic mass is 10.1. The average Bonchev–Trinajstić information content (AvgIpc) is 2.80. The lowest BCUT2D eigenvalue weighted by Crippen LogP contribution is -2.22. The summed E-state index contributed by atoms with van der Waals surface area (Å²) in [4.78, 5) is 0. The van der Waals surface area contributed by atoms with E-state index >= 15 is 0 Å². The number of rotatable bonds is 13. The molecule has 0 aliphatic heterocycles. The van der Waals surface area contributed by atoms with Crippen LogP contribution in [0.25, 0.3) is 0 Å². The molecule has 0 radical (unpaired) electrons. The summed E-state index contributed by atoms with van der Waals surface area (Å²) in [5, 5.41) is 18.7. The molecule has 0 amide bonds. The van der Waals surface area contributed by atoms with Gasteiger partial charge in [-0.2, -0.15) is 8.42 Å². The minimum Gasteiger partial charge on any atom is -0.492 e. The van der Waals surface area contributed by atoms with Crippen LogP contribution in [-0.4, -0.2) is 29.1 Å². The molecule has 1 aromatic rings. The van der Waals surface area contributed by atoms with Crippen molar-refractivity contribution in [3.05, 3.63) is 12.1 Å². The number of hydrogen-bond donors (Lipinski definition) is 2. The Bertz CT molecular complexity index is 519. The van der Waals surface area contributed by atoms with Gasteiger partial charge in [0.25, 0.3) is 0 Å². The lowest BCUT2D eigenvalue weighted by Gasteiger charge is -2.08. The van der Waals surface area contributed by atoms with E-state index in [2.05, 4.69) is 11.2 Å². The van der Waals surface area contributed by atoms with Gasteiger partial charge in [0, 0.05) is 12.1 Å². The number of hydrogen-bond acceptors (Lipinski definition) is 5. The van der Waals surface area contributed by atoms with E-state index in [1.165, 1.54) is 38.5 Å². The van der Waals surface area contributed by atoms with E-state index in [-0.39, 0.29) is 5.75 Å². The zero-order valence-corrected chi connectivity index (χ0v) is 14.7. The molecule has 0 aliphatic rings. The molecule has 0 aromatic carbocycles. The first-order chi connectivity index (χ1) is 11.0. The van der Waals surface area contributed by atoms with Gasteiger partial charge in [-0.25, -0.2) is 0 Å². The number of aromatic hydroxyl groups is 2. The minimum atomic E-state index is -3.81. The van der Waals surface area contributed by atoms with Crippen LogP contribution in [0.15, 0.2) is 12.1 Å². The van der Waals surface area contributed by atoms with Crippen molar-refractivity contribution in [2.75, 3.05) is 5.75 Å². The summed E-state index contributed by atoms with van der Waals surface area (Å²) >= 11 is 0. The van der Waals surface area contributed by atoms with E-state index in [4.69, 9.17) is 0 Å². The summed E-state index contributed by atoms with van der Waals surface area (Å²) in [7, 11) is -3.81. The molecule has 6 nitrogen and oxygen atoms in total. The van der Waals surface area contributed by atoms with E-state index in [0.717, 1.165) is 31.4 Å². The lowest BCUT2D eigenvalue weighted by molar-refractivity contribution is 0.203. The molecule has 0 saturated heterocycles. The van der Waals surface area contributed by atoms with Crippen molar-refractivity contribution in [1.29, 1.82) is 0 Å². The first kappa shape index (κ1) is 19.7. The van der Waals surface area contributed by atoms with Crippen LogP contribution in [-0.2, 0) is 10.1 Å². The predicted octanol–water partition coefficient (Wildman–Crippen LogP) is 3.58. The Hall–Kier alpha value is -1.37. The third-order valence-corrected chi connectivity index (χ3v) is 4.90. The molecule has 134 valence electrons. The van der Waals surface area contributed by atoms with Crippen molar-refractivity contribution in [1.82, 2.24) is 4.73 Å². The van der Waals surface area contributed by atoms with Crippen molar-refractivity contribution >= 4 is 10.1 Å².